The summed E-state index contributed by atoms with van der Waals surface area (Å²) < 4.78 is 5.52. The van der Waals surface area contributed by atoms with Crippen molar-refractivity contribution >= 4 is 0 Å². The molecule has 0 amide bonds. The van der Waals surface area contributed by atoms with E-state index in [9.17, 15) is 5.11 Å². The number of hydrogen-bond acceptors (Lipinski definition) is 3. The van der Waals surface area contributed by atoms with Gasteiger partial charge in [-0.1, -0.05) is 36.4 Å². The second-order valence-corrected chi connectivity index (χ2v) is 5.72. The van der Waals surface area contributed by atoms with Crippen molar-refractivity contribution < 1.29 is 9.84 Å². The van der Waals surface area contributed by atoms with Crippen molar-refractivity contribution in [1.82, 2.24) is 4.98 Å². The van der Waals surface area contributed by atoms with Crippen molar-refractivity contribution in [3.63, 3.8) is 0 Å². The first kappa shape index (κ1) is 14.2. The zero-order valence-electron chi connectivity index (χ0n) is 12.1. The molecule has 3 rings (SSSR count). The van der Waals surface area contributed by atoms with Crippen LogP contribution in [0.3, 0.4) is 0 Å². The topological polar surface area (TPSA) is 42.4 Å². The molecular formula is C18H21NO2. The van der Waals surface area contributed by atoms with E-state index in [0.717, 1.165) is 18.4 Å². The maximum Gasteiger partial charge on any atom is 0.0679 e. The molecule has 0 radical (unpaired) electrons. The van der Waals surface area contributed by atoms with Crippen LogP contribution in [0.1, 0.15) is 24.0 Å². The summed E-state index contributed by atoms with van der Waals surface area (Å²) in [7, 11) is 0. The number of benzene rings is 1. The van der Waals surface area contributed by atoms with Crippen LogP contribution in [0.4, 0.5) is 0 Å². The molecule has 2 aromatic rings. The van der Waals surface area contributed by atoms with Crippen molar-refractivity contribution in [2.45, 2.75) is 30.8 Å². The van der Waals surface area contributed by atoms with Crippen LogP contribution in [0, 0.1) is 0 Å². The van der Waals surface area contributed by atoms with Gasteiger partial charge in [0, 0.05) is 37.4 Å². The highest BCUT2D eigenvalue weighted by Gasteiger charge is 2.40. The molecule has 110 valence electrons. The Bertz CT molecular complexity index is 550. The van der Waals surface area contributed by atoms with Crippen molar-refractivity contribution in [1.29, 1.82) is 0 Å². The Morgan fingerprint density at radius 3 is 2.52 bits per heavy atom. The highest BCUT2D eigenvalue weighted by Crippen LogP contribution is 2.39. The standard InChI is InChI=1S/C18H21NO2/c20-17(13-15-5-4-10-19-14-15)18(8-11-21-12-9-18)16-6-2-1-3-7-16/h1-7,10,14,17,20H,8-9,11-13H2. The van der Waals surface area contributed by atoms with E-state index in [4.69, 9.17) is 4.74 Å². The number of pyridine rings is 1. The zero-order chi connectivity index (χ0) is 14.5. The van der Waals surface area contributed by atoms with Gasteiger partial charge in [0.15, 0.2) is 0 Å². The van der Waals surface area contributed by atoms with E-state index in [-0.39, 0.29) is 5.41 Å². The fourth-order valence-corrected chi connectivity index (χ4v) is 3.26. The quantitative estimate of drug-likeness (QED) is 0.938. The SMILES string of the molecule is OC(Cc1cccnc1)C1(c2ccccc2)CCOCC1. The van der Waals surface area contributed by atoms with E-state index in [1.54, 1.807) is 6.20 Å². The molecule has 0 aliphatic carbocycles. The van der Waals surface area contributed by atoms with Gasteiger partial charge in [0.1, 0.15) is 0 Å². The molecule has 0 bridgehead atoms. The summed E-state index contributed by atoms with van der Waals surface area (Å²) in [5, 5.41) is 10.9. The summed E-state index contributed by atoms with van der Waals surface area (Å²) in [5.74, 6) is 0. The van der Waals surface area contributed by atoms with Gasteiger partial charge in [0.2, 0.25) is 0 Å². The van der Waals surface area contributed by atoms with Crippen molar-refractivity contribution in [3.8, 4) is 0 Å². The molecule has 1 N–H and O–H groups in total. The Morgan fingerprint density at radius 2 is 1.86 bits per heavy atom. The van der Waals surface area contributed by atoms with E-state index < -0.39 is 6.10 Å². The monoisotopic (exact) mass is 283 g/mol. The van der Waals surface area contributed by atoms with Crippen LogP contribution in [-0.4, -0.2) is 29.4 Å². The van der Waals surface area contributed by atoms with Gasteiger partial charge < -0.3 is 9.84 Å². The molecule has 1 saturated heterocycles. The summed E-state index contributed by atoms with van der Waals surface area (Å²) in [6.07, 6.45) is 5.52. The van der Waals surface area contributed by atoms with Gasteiger partial charge in [0.25, 0.3) is 0 Å². The number of ether oxygens (including phenoxy) is 1. The summed E-state index contributed by atoms with van der Waals surface area (Å²) in [6.45, 7) is 1.41. The van der Waals surface area contributed by atoms with E-state index >= 15 is 0 Å². The fourth-order valence-electron chi connectivity index (χ4n) is 3.26. The highest BCUT2D eigenvalue weighted by molar-refractivity contribution is 5.29. The van der Waals surface area contributed by atoms with E-state index in [1.165, 1.54) is 5.56 Å². The number of aromatic nitrogens is 1. The Balaban J connectivity index is 1.88. The largest absolute Gasteiger partial charge is 0.392 e. The van der Waals surface area contributed by atoms with Crippen LogP contribution < -0.4 is 0 Å². The smallest absolute Gasteiger partial charge is 0.0679 e. The average molecular weight is 283 g/mol. The summed E-state index contributed by atoms with van der Waals surface area (Å²) in [6, 6.07) is 14.3. The number of rotatable bonds is 4. The molecule has 1 aromatic carbocycles. The first-order chi connectivity index (χ1) is 10.3. The molecule has 2 heterocycles. The van der Waals surface area contributed by atoms with Crippen LogP contribution in [0.2, 0.25) is 0 Å². The van der Waals surface area contributed by atoms with Crippen molar-refractivity contribution in [2.24, 2.45) is 0 Å². The third kappa shape index (κ3) is 2.99. The molecule has 1 unspecified atom stereocenters. The third-order valence-corrected chi connectivity index (χ3v) is 4.52. The van der Waals surface area contributed by atoms with Crippen molar-refractivity contribution in [3.05, 3.63) is 66.0 Å². The lowest BCUT2D eigenvalue weighted by molar-refractivity contribution is -0.0154. The minimum atomic E-state index is -0.423. The zero-order valence-corrected chi connectivity index (χ0v) is 12.1. The maximum absolute atomic E-state index is 10.9. The molecule has 1 fully saturated rings. The molecule has 0 saturated carbocycles. The second-order valence-electron chi connectivity index (χ2n) is 5.72. The molecule has 3 nitrogen and oxygen atoms in total. The minimum Gasteiger partial charge on any atom is -0.392 e. The van der Waals surface area contributed by atoms with Gasteiger partial charge in [-0.25, -0.2) is 0 Å². The first-order valence-electron chi connectivity index (χ1n) is 7.51. The summed E-state index contributed by atoms with van der Waals surface area (Å²) in [5.41, 5.74) is 2.08. The number of aliphatic hydroxyl groups excluding tert-OH is 1. The van der Waals surface area contributed by atoms with Gasteiger partial charge in [0.05, 0.1) is 6.10 Å². The fraction of sp³-hybridized carbons (Fsp3) is 0.389. The third-order valence-electron chi connectivity index (χ3n) is 4.52. The van der Waals surface area contributed by atoms with Crippen LogP contribution in [-0.2, 0) is 16.6 Å². The van der Waals surface area contributed by atoms with Crippen LogP contribution in [0.15, 0.2) is 54.9 Å². The molecule has 1 atom stereocenters. The lowest BCUT2D eigenvalue weighted by atomic mass is 9.68. The Morgan fingerprint density at radius 1 is 1.10 bits per heavy atom. The van der Waals surface area contributed by atoms with Gasteiger partial charge >= 0.3 is 0 Å². The van der Waals surface area contributed by atoms with Gasteiger partial charge in [-0.15, -0.1) is 0 Å². The average Bonchev–Trinajstić information content (AvgIpc) is 2.57. The van der Waals surface area contributed by atoms with Crippen LogP contribution in [0.25, 0.3) is 0 Å². The first-order valence-corrected chi connectivity index (χ1v) is 7.51. The molecule has 1 aromatic heterocycles. The van der Waals surface area contributed by atoms with Crippen LogP contribution >= 0.6 is 0 Å². The van der Waals surface area contributed by atoms with Gasteiger partial charge in [-0.3, -0.25) is 4.98 Å². The molecule has 1 aliphatic rings. The Hall–Kier alpha value is -1.71. The summed E-state index contributed by atoms with van der Waals surface area (Å²) in [4.78, 5) is 4.14. The molecular weight excluding hydrogens is 262 g/mol. The second kappa shape index (κ2) is 6.37. The van der Waals surface area contributed by atoms with E-state index in [0.29, 0.717) is 19.6 Å². The normalized spacial score (nSPS) is 19.1. The number of hydrogen-bond donors (Lipinski definition) is 1. The minimum absolute atomic E-state index is 0.213. The van der Waals surface area contributed by atoms with Crippen molar-refractivity contribution in [2.75, 3.05) is 13.2 Å². The molecule has 0 spiro atoms. The molecule has 3 heteroatoms. The lowest BCUT2D eigenvalue weighted by Crippen LogP contribution is -2.45. The predicted molar refractivity (Wildman–Crippen MR) is 82.1 cm³/mol. The summed E-state index contributed by atoms with van der Waals surface area (Å²) >= 11 is 0. The van der Waals surface area contributed by atoms with E-state index in [1.807, 2.05) is 36.5 Å². The lowest BCUT2D eigenvalue weighted by Gasteiger charge is -2.41. The van der Waals surface area contributed by atoms with E-state index in [2.05, 4.69) is 17.1 Å². The number of nitrogens with zero attached hydrogens (tertiary/aromatic N) is 1. The highest BCUT2D eigenvalue weighted by atomic mass is 16.5. The molecule has 1 aliphatic heterocycles. The van der Waals surface area contributed by atoms with Gasteiger partial charge in [-0.2, -0.15) is 0 Å². The molecule has 21 heavy (non-hydrogen) atoms. The maximum atomic E-state index is 10.9. The van der Waals surface area contributed by atoms with Crippen LogP contribution in [0.5, 0.6) is 0 Å². The number of aliphatic hydroxyl groups is 1. The Labute approximate surface area is 125 Å². The predicted octanol–water partition coefficient (Wildman–Crippen LogP) is 2.73. The Kier molecular flexibility index (Phi) is 4.32. The van der Waals surface area contributed by atoms with Gasteiger partial charge in [-0.05, 0) is 30.0 Å².